The van der Waals surface area contributed by atoms with E-state index in [1.807, 2.05) is 0 Å². The zero-order valence-corrected chi connectivity index (χ0v) is 5.88. The van der Waals surface area contributed by atoms with Crippen molar-refractivity contribution in [1.82, 2.24) is 0 Å². The molecule has 0 saturated carbocycles. The van der Waals surface area contributed by atoms with Crippen LogP contribution < -0.4 is 0 Å². The summed E-state index contributed by atoms with van der Waals surface area (Å²) in [5.41, 5.74) is 1.20. The maximum absolute atomic E-state index is 3.66. The van der Waals surface area contributed by atoms with Crippen LogP contribution >= 0.6 is 0 Å². The molecule has 52 valence electrons. The van der Waals surface area contributed by atoms with E-state index in [1.54, 1.807) is 12.2 Å². The van der Waals surface area contributed by atoms with E-state index in [1.165, 1.54) is 0 Å². The highest BCUT2D eigenvalue weighted by atomic mass is 14.8. The highest BCUT2D eigenvalue weighted by molar-refractivity contribution is 5.41. The van der Waals surface area contributed by atoms with Crippen LogP contribution in [-0.2, 0) is 0 Å². The van der Waals surface area contributed by atoms with Gasteiger partial charge < -0.3 is 0 Å². The molecule has 0 aromatic heterocycles. The first kappa shape index (κ1) is 8.56. The molecule has 0 aromatic carbocycles. The van der Waals surface area contributed by atoms with E-state index in [-0.39, 0.29) is 0 Å². The third-order valence-electron chi connectivity index (χ3n) is 0.990. The van der Waals surface area contributed by atoms with Gasteiger partial charge in [0.15, 0.2) is 0 Å². The molecule has 0 spiro atoms. The summed E-state index contributed by atoms with van der Waals surface area (Å²) in [6.07, 6.45) is 3.11. The average molecular weight is 134 g/mol. The molecule has 0 radical (unpaired) electrons. The molecule has 2 heteroatoms. The highest BCUT2D eigenvalue weighted by Crippen LogP contribution is 2.07. The number of rotatable bonds is 4. The standard InChI is InChI=1S/C8H10N2/c1-5-7(9-3)8(6-2)10-4/h5-6H,1-4H2/b8-7-. The Bertz CT molecular complexity index is 157. The van der Waals surface area contributed by atoms with E-state index in [2.05, 4.69) is 36.6 Å². The minimum atomic E-state index is 0.602. The van der Waals surface area contributed by atoms with Crippen LogP contribution in [0.4, 0.5) is 0 Å². The lowest BCUT2D eigenvalue weighted by atomic mass is 10.3. The van der Waals surface area contributed by atoms with Crippen LogP contribution in [0.15, 0.2) is 46.7 Å². The number of aliphatic imine (C=N–C) groups is 2. The summed E-state index contributed by atoms with van der Waals surface area (Å²) < 4.78 is 0. The van der Waals surface area contributed by atoms with Gasteiger partial charge in [-0.1, -0.05) is 13.2 Å². The summed E-state index contributed by atoms with van der Waals surface area (Å²) in [6, 6.07) is 0. The zero-order chi connectivity index (χ0) is 7.98. The van der Waals surface area contributed by atoms with Crippen LogP contribution in [0, 0.1) is 0 Å². The first-order valence-corrected chi connectivity index (χ1v) is 2.72. The summed E-state index contributed by atoms with van der Waals surface area (Å²) in [7, 11) is 0. The number of nitrogens with zero attached hydrogens (tertiary/aromatic N) is 2. The molecule has 0 fully saturated rings. The van der Waals surface area contributed by atoms with Crippen LogP contribution in [0.2, 0.25) is 0 Å². The van der Waals surface area contributed by atoms with Crippen molar-refractivity contribution in [2.45, 2.75) is 0 Å². The monoisotopic (exact) mass is 134 g/mol. The number of hydrogen-bond donors (Lipinski definition) is 0. The van der Waals surface area contributed by atoms with Gasteiger partial charge in [-0.2, -0.15) is 0 Å². The molecule has 0 aliphatic rings. The molecule has 0 bridgehead atoms. The van der Waals surface area contributed by atoms with E-state index in [0.29, 0.717) is 11.4 Å². The molecular weight excluding hydrogens is 124 g/mol. The maximum Gasteiger partial charge on any atom is 0.0872 e. The van der Waals surface area contributed by atoms with Crippen molar-refractivity contribution in [3.05, 3.63) is 36.7 Å². The van der Waals surface area contributed by atoms with Crippen molar-refractivity contribution in [1.29, 1.82) is 0 Å². The summed E-state index contributed by atoms with van der Waals surface area (Å²) in [5, 5.41) is 0. The largest absolute Gasteiger partial charge is 0.262 e. The van der Waals surface area contributed by atoms with Gasteiger partial charge in [-0.25, -0.2) is 0 Å². The van der Waals surface area contributed by atoms with Crippen LogP contribution in [0.5, 0.6) is 0 Å². The van der Waals surface area contributed by atoms with Crippen molar-refractivity contribution in [2.75, 3.05) is 0 Å². The van der Waals surface area contributed by atoms with Crippen molar-refractivity contribution in [3.63, 3.8) is 0 Å². The number of hydrogen-bond acceptors (Lipinski definition) is 2. The molecule has 0 N–H and O–H groups in total. The van der Waals surface area contributed by atoms with E-state index in [0.717, 1.165) is 0 Å². The Morgan fingerprint density at radius 2 is 1.20 bits per heavy atom. The normalized spacial score (nSPS) is 11.2. The molecule has 0 aromatic rings. The summed E-state index contributed by atoms with van der Waals surface area (Å²) in [6.45, 7) is 13.7. The van der Waals surface area contributed by atoms with Gasteiger partial charge in [0.1, 0.15) is 0 Å². The Balaban J connectivity index is 4.85. The van der Waals surface area contributed by atoms with Gasteiger partial charge in [-0.05, 0) is 25.6 Å². The van der Waals surface area contributed by atoms with E-state index in [4.69, 9.17) is 0 Å². The fraction of sp³-hybridized carbons (Fsp3) is 0. The molecule has 0 aliphatic heterocycles. The lowest BCUT2D eigenvalue weighted by molar-refractivity contribution is 1.30. The van der Waals surface area contributed by atoms with Gasteiger partial charge in [0, 0.05) is 0 Å². The van der Waals surface area contributed by atoms with Crippen molar-refractivity contribution in [2.24, 2.45) is 9.98 Å². The molecule has 0 rings (SSSR count). The van der Waals surface area contributed by atoms with Gasteiger partial charge in [-0.3, -0.25) is 9.98 Å². The molecule has 0 unspecified atom stereocenters. The van der Waals surface area contributed by atoms with Crippen LogP contribution in [0.3, 0.4) is 0 Å². The Morgan fingerprint density at radius 1 is 0.900 bits per heavy atom. The molecule has 2 nitrogen and oxygen atoms in total. The Morgan fingerprint density at radius 3 is 1.30 bits per heavy atom. The summed E-state index contributed by atoms with van der Waals surface area (Å²) >= 11 is 0. The minimum Gasteiger partial charge on any atom is -0.262 e. The first-order valence-electron chi connectivity index (χ1n) is 2.72. The van der Waals surface area contributed by atoms with E-state index in [9.17, 15) is 0 Å². The second kappa shape index (κ2) is 4.44. The first-order chi connectivity index (χ1) is 4.79. The van der Waals surface area contributed by atoms with Crippen LogP contribution in [-0.4, -0.2) is 13.4 Å². The van der Waals surface area contributed by atoms with E-state index < -0.39 is 0 Å². The van der Waals surface area contributed by atoms with Crippen molar-refractivity contribution in [3.8, 4) is 0 Å². The van der Waals surface area contributed by atoms with Crippen LogP contribution in [0.1, 0.15) is 0 Å². The van der Waals surface area contributed by atoms with Crippen molar-refractivity contribution < 1.29 is 0 Å². The van der Waals surface area contributed by atoms with Gasteiger partial charge in [0.25, 0.3) is 0 Å². The zero-order valence-electron chi connectivity index (χ0n) is 5.88. The third-order valence-corrected chi connectivity index (χ3v) is 0.990. The van der Waals surface area contributed by atoms with Gasteiger partial charge >= 0.3 is 0 Å². The molecule has 10 heavy (non-hydrogen) atoms. The molecular formula is C8H10N2. The Hall–Kier alpha value is -1.44. The summed E-state index contributed by atoms with van der Waals surface area (Å²) in [5.74, 6) is 0. The molecule has 0 atom stereocenters. The quantitative estimate of drug-likeness (QED) is 0.415. The fourth-order valence-electron chi connectivity index (χ4n) is 0.500. The second-order valence-corrected chi connectivity index (χ2v) is 1.49. The van der Waals surface area contributed by atoms with E-state index >= 15 is 0 Å². The predicted octanol–water partition coefficient (Wildman–Crippen LogP) is 1.97. The minimum absolute atomic E-state index is 0.602. The lowest BCUT2D eigenvalue weighted by Gasteiger charge is -1.94. The molecule has 0 aliphatic carbocycles. The Kier molecular flexibility index (Phi) is 3.80. The van der Waals surface area contributed by atoms with Crippen molar-refractivity contribution >= 4 is 13.4 Å². The fourth-order valence-corrected chi connectivity index (χ4v) is 0.500. The predicted molar refractivity (Wildman–Crippen MR) is 46.5 cm³/mol. The SMILES string of the molecule is C=C/C(N=C)=C(\C=C)N=C. The topological polar surface area (TPSA) is 24.7 Å². The third kappa shape index (κ3) is 1.82. The smallest absolute Gasteiger partial charge is 0.0872 e. The molecule has 0 heterocycles. The van der Waals surface area contributed by atoms with Gasteiger partial charge in [0.05, 0.1) is 11.4 Å². The van der Waals surface area contributed by atoms with Crippen LogP contribution in [0.25, 0.3) is 0 Å². The average Bonchev–Trinajstić information content (AvgIpc) is 2.00. The van der Waals surface area contributed by atoms with Gasteiger partial charge in [0.2, 0.25) is 0 Å². The Labute approximate surface area is 61.0 Å². The highest BCUT2D eigenvalue weighted by Gasteiger charge is 1.91. The molecule has 0 saturated heterocycles. The van der Waals surface area contributed by atoms with Gasteiger partial charge in [-0.15, -0.1) is 0 Å². The maximum atomic E-state index is 3.66. The lowest BCUT2D eigenvalue weighted by Crippen LogP contribution is -1.77. The summed E-state index contributed by atoms with van der Waals surface area (Å²) in [4.78, 5) is 7.31. The molecule has 0 amide bonds. The number of allylic oxidation sites excluding steroid dienone is 2. The second-order valence-electron chi connectivity index (χ2n) is 1.49.